The van der Waals surface area contributed by atoms with Crippen LogP contribution in [0.3, 0.4) is 0 Å². The summed E-state index contributed by atoms with van der Waals surface area (Å²) in [7, 11) is 1.52. The molecule has 0 saturated carbocycles. The van der Waals surface area contributed by atoms with E-state index in [1.54, 1.807) is 12.1 Å². The van der Waals surface area contributed by atoms with Crippen LogP contribution in [-0.2, 0) is 11.3 Å². The van der Waals surface area contributed by atoms with Crippen molar-refractivity contribution in [2.75, 3.05) is 12.4 Å². The van der Waals surface area contributed by atoms with Crippen LogP contribution in [0.15, 0.2) is 53.6 Å². The van der Waals surface area contributed by atoms with Gasteiger partial charge in [-0.25, -0.2) is 18.9 Å². The molecular weight excluding hydrogens is 410 g/mol. The van der Waals surface area contributed by atoms with Crippen LogP contribution in [-0.4, -0.2) is 32.2 Å². The van der Waals surface area contributed by atoms with Crippen LogP contribution >= 0.6 is 0 Å². The van der Waals surface area contributed by atoms with Gasteiger partial charge in [-0.3, -0.25) is 4.79 Å². The fourth-order valence-corrected chi connectivity index (χ4v) is 3.45. The van der Waals surface area contributed by atoms with Gasteiger partial charge in [0.2, 0.25) is 11.6 Å². The van der Waals surface area contributed by atoms with E-state index in [1.165, 1.54) is 23.9 Å². The summed E-state index contributed by atoms with van der Waals surface area (Å²) in [5.41, 5.74) is 3.31. The molecule has 0 saturated heterocycles. The lowest BCUT2D eigenvalue weighted by molar-refractivity contribution is -0.117. The number of rotatable bonds is 6. The number of aromatic nitrogens is 4. The van der Waals surface area contributed by atoms with Gasteiger partial charge in [-0.05, 0) is 61.7 Å². The van der Waals surface area contributed by atoms with Crippen molar-refractivity contribution in [1.82, 2.24) is 19.2 Å². The molecule has 0 spiro atoms. The molecule has 0 radical (unpaired) electrons. The van der Waals surface area contributed by atoms with Crippen LogP contribution in [0.25, 0.3) is 5.65 Å². The Morgan fingerprint density at radius 1 is 1.06 bits per heavy atom. The summed E-state index contributed by atoms with van der Waals surface area (Å²) in [4.78, 5) is 29.6. The molecule has 1 amide bonds. The minimum Gasteiger partial charge on any atom is -0.495 e. The maximum atomic E-state index is 12.8. The molecule has 0 unspecified atom stereocenters. The van der Waals surface area contributed by atoms with Crippen molar-refractivity contribution in [2.45, 2.75) is 27.3 Å². The highest BCUT2D eigenvalue weighted by Crippen LogP contribution is 2.26. The summed E-state index contributed by atoms with van der Waals surface area (Å²) in [6, 6.07) is 11.2. The Morgan fingerprint density at radius 2 is 1.81 bits per heavy atom. The number of ether oxygens (including phenoxy) is 2. The summed E-state index contributed by atoms with van der Waals surface area (Å²) in [6.07, 6.45) is 2.94. The van der Waals surface area contributed by atoms with Gasteiger partial charge in [0.25, 0.3) is 5.88 Å². The van der Waals surface area contributed by atoms with E-state index in [0.29, 0.717) is 17.2 Å². The van der Waals surface area contributed by atoms with E-state index in [-0.39, 0.29) is 18.1 Å². The van der Waals surface area contributed by atoms with Gasteiger partial charge >= 0.3 is 5.69 Å². The van der Waals surface area contributed by atoms with Gasteiger partial charge in [0.15, 0.2) is 0 Å². The molecule has 4 rings (SSSR count). The van der Waals surface area contributed by atoms with Gasteiger partial charge in [-0.15, -0.1) is 5.10 Å². The number of benzene rings is 2. The zero-order valence-electron chi connectivity index (χ0n) is 18.2. The molecule has 0 aliphatic carbocycles. The maximum Gasteiger partial charge on any atom is 0.351 e. The zero-order chi connectivity index (χ0) is 22.8. The fraction of sp³-hybridized carbons (Fsp3) is 0.217. The Morgan fingerprint density at radius 3 is 2.53 bits per heavy atom. The van der Waals surface area contributed by atoms with Crippen molar-refractivity contribution >= 4 is 17.2 Å². The standard InChI is InChI=1S/C23H23N5O4/c1-14-5-6-19(31-4)18(12-14)25-20(29)13-28-23(30)27-8-7-24-22(21(27)26-28)32-17-10-15(2)9-16(3)11-17/h5-12H,13H2,1-4H3,(H,25,29). The second-order valence-electron chi connectivity index (χ2n) is 7.54. The molecule has 0 atom stereocenters. The first-order valence-electron chi connectivity index (χ1n) is 9.99. The van der Waals surface area contributed by atoms with E-state index in [2.05, 4.69) is 15.4 Å². The molecule has 2 aromatic carbocycles. The monoisotopic (exact) mass is 433 g/mol. The summed E-state index contributed by atoms with van der Waals surface area (Å²) < 4.78 is 13.6. The van der Waals surface area contributed by atoms with Crippen molar-refractivity contribution in [1.29, 1.82) is 0 Å². The number of fused-ring (bicyclic) bond motifs is 1. The fourth-order valence-electron chi connectivity index (χ4n) is 3.45. The van der Waals surface area contributed by atoms with Crippen molar-refractivity contribution in [3.8, 4) is 17.4 Å². The number of methoxy groups -OCH3 is 1. The summed E-state index contributed by atoms with van der Waals surface area (Å²) in [5, 5.41) is 7.05. The van der Waals surface area contributed by atoms with E-state index in [1.807, 2.05) is 45.0 Å². The van der Waals surface area contributed by atoms with Gasteiger partial charge in [-0.1, -0.05) is 12.1 Å². The minimum atomic E-state index is -0.473. The number of anilines is 1. The molecule has 0 bridgehead atoms. The Bertz CT molecular complexity index is 1350. The van der Waals surface area contributed by atoms with E-state index >= 15 is 0 Å². The highest BCUT2D eigenvalue weighted by molar-refractivity contribution is 5.92. The molecule has 0 fully saturated rings. The largest absolute Gasteiger partial charge is 0.495 e. The number of nitrogens with zero attached hydrogens (tertiary/aromatic N) is 4. The Balaban J connectivity index is 1.61. The van der Waals surface area contributed by atoms with E-state index in [0.717, 1.165) is 21.4 Å². The number of hydrogen-bond acceptors (Lipinski definition) is 6. The SMILES string of the molecule is COc1ccc(C)cc1NC(=O)Cn1nc2c(Oc3cc(C)cc(C)c3)nccn2c1=O. The van der Waals surface area contributed by atoms with Crippen molar-refractivity contribution < 1.29 is 14.3 Å². The topological polar surface area (TPSA) is 99.8 Å². The average Bonchev–Trinajstić information content (AvgIpc) is 3.04. The van der Waals surface area contributed by atoms with E-state index < -0.39 is 11.6 Å². The van der Waals surface area contributed by atoms with E-state index in [9.17, 15) is 9.59 Å². The lowest BCUT2D eigenvalue weighted by atomic mass is 10.1. The van der Waals surface area contributed by atoms with Crippen LogP contribution in [0, 0.1) is 20.8 Å². The smallest absolute Gasteiger partial charge is 0.351 e. The Kier molecular flexibility index (Phi) is 5.63. The zero-order valence-corrected chi connectivity index (χ0v) is 18.2. The number of nitrogens with one attached hydrogen (secondary N) is 1. The first kappa shape index (κ1) is 21.1. The van der Waals surface area contributed by atoms with Crippen molar-refractivity contribution in [2.24, 2.45) is 0 Å². The number of carbonyl (C=O) groups is 1. The molecule has 9 nitrogen and oxygen atoms in total. The first-order valence-corrected chi connectivity index (χ1v) is 9.99. The molecule has 2 heterocycles. The first-order chi connectivity index (χ1) is 15.3. The number of carbonyl (C=O) groups excluding carboxylic acids is 1. The van der Waals surface area contributed by atoms with Crippen LogP contribution in [0.5, 0.6) is 17.4 Å². The molecule has 1 N–H and O–H groups in total. The Labute approximate surface area is 184 Å². The molecule has 32 heavy (non-hydrogen) atoms. The summed E-state index contributed by atoms with van der Waals surface area (Å²) in [6.45, 7) is 5.57. The predicted octanol–water partition coefficient (Wildman–Crippen LogP) is 3.26. The second-order valence-corrected chi connectivity index (χ2v) is 7.54. The van der Waals surface area contributed by atoms with Gasteiger partial charge in [0.05, 0.1) is 12.8 Å². The molecule has 4 aromatic rings. The second kappa shape index (κ2) is 8.54. The number of aryl methyl sites for hydroxylation is 3. The average molecular weight is 433 g/mol. The van der Waals surface area contributed by atoms with Crippen molar-refractivity contribution in [3.05, 3.63) is 76.0 Å². The lowest BCUT2D eigenvalue weighted by Gasteiger charge is -2.10. The van der Waals surface area contributed by atoms with Gasteiger partial charge in [0.1, 0.15) is 18.0 Å². The highest BCUT2D eigenvalue weighted by atomic mass is 16.5. The molecule has 0 aliphatic rings. The number of amides is 1. The third kappa shape index (κ3) is 4.31. The lowest BCUT2D eigenvalue weighted by Crippen LogP contribution is -2.28. The van der Waals surface area contributed by atoms with Gasteiger partial charge < -0.3 is 14.8 Å². The molecule has 9 heteroatoms. The summed E-state index contributed by atoms with van der Waals surface area (Å²) in [5.74, 6) is 0.882. The summed E-state index contributed by atoms with van der Waals surface area (Å²) >= 11 is 0. The van der Waals surface area contributed by atoms with Crippen LogP contribution in [0.1, 0.15) is 16.7 Å². The van der Waals surface area contributed by atoms with Gasteiger partial charge in [-0.2, -0.15) is 0 Å². The van der Waals surface area contributed by atoms with Crippen LogP contribution in [0.4, 0.5) is 5.69 Å². The quantitative estimate of drug-likeness (QED) is 0.501. The maximum absolute atomic E-state index is 12.8. The third-order valence-electron chi connectivity index (χ3n) is 4.80. The van der Waals surface area contributed by atoms with Crippen LogP contribution < -0.4 is 20.5 Å². The van der Waals surface area contributed by atoms with Crippen LogP contribution in [0.2, 0.25) is 0 Å². The third-order valence-corrected chi connectivity index (χ3v) is 4.80. The Hall–Kier alpha value is -4.14. The van der Waals surface area contributed by atoms with Crippen molar-refractivity contribution in [3.63, 3.8) is 0 Å². The molecule has 164 valence electrons. The molecular formula is C23H23N5O4. The highest BCUT2D eigenvalue weighted by Gasteiger charge is 2.17. The predicted molar refractivity (Wildman–Crippen MR) is 120 cm³/mol. The normalized spacial score (nSPS) is 10.9. The molecule has 2 aromatic heterocycles. The van der Waals surface area contributed by atoms with Gasteiger partial charge in [0, 0.05) is 12.4 Å². The number of hydrogen-bond donors (Lipinski definition) is 1. The minimum absolute atomic E-state index is 0.175. The van der Waals surface area contributed by atoms with E-state index in [4.69, 9.17) is 9.47 Å². The molecule has 0 aliphatic heterocycles.